The maximum Gasteiger partial charge on any atom is 0.338 e. The molecule has 2 aromatic rings. The van der Waals surface area contributed by atoms with Gasteiger partial charge >= 0.3 is 5.97 Å². The first-order chi connectivity index (χ1) is 14.5. The van der Waals surface area contributed by atoms with Gasteiger partial charge in [-0.2, -0.15) is 0 Å². The maximum atomic E-state index is 12.7. The SMILES string of the molecule is CCCOC(=O)c1ccc(NC(=O)C2CC(=O)N(c3ccc4c(c3)OCO4)C2)cc1. The first-order valence-corrected chi connectivity index (χ1v) is 9.83. The van der Waals surface area contributed by atoms with Crippen LogP contribution in [0.15, 0.2) is 42.5 Å². The molecule has 2 aliphatic heterocycles. The summed E-state index contributed by atoms with van der Waals surface area (Å²) in [5.41, 5.74) is 1.65. The normalized spacial score (nSPS) is 17.2. The molecule has 2 heterocycles. The van der Waals surface area contributed by atoms with Gasteiger partial charge in [0.15, 0.2) is 11.5 Å². The number of carbonyl (C=O) groups is 3. The number of hydrogen-bond donors (Lipinski definition) is 1. The van der Waals surface area contributed by atoms with Crippen molar-refractivity contribution in [2.24, 2.45) is 5.92 Å². The Kier molecular flexibility index (Phi) is 5.56. The van der Waals surface area contributed by atoms with E-state index in [1.54, 1.807) is 47.4 Å². The quantitative estimate of drug-likeness (QED) is 0.736. The van der Waals surface area contributed by atoms with Gasteiger partial charge in [-0.05, 0) is 42.8 Å². The van der Waals surface area contributed by atoms with E-state index in [0.717, 1.165) is 6.42 Å². The Morgan fingerprint density at radius 2 is 1.90 bits per heavy atom. The standard InChI is InChI=1S/C22H22N2O6/c1-2-9-28-22(27)14-3-5-16(6-4-14)23-21(26)15-10-20(25)24(12-15)17-7-8-18-19(11-17)30-13-29-18/h3-8,11,15H,2,9-10,12-13H2,1H3,(H,23,26). The highest BCUT2D eigenvalue weighted by Gasteiger charge is 2.35. The number of hydrogen-bond acceptors (Lipinski definition) is 6. The number of carbonyl (C=O) groups excluding carboxylic acids is 3. The molecule has 0 aliphatic carbocycles. The van der Waals surface area contributed by atoms with Crippen LogP contribution in [0.25, 0.3) is 0 Å². The largest absolute Gasteiger partial charge is 0.462 e. The molecule has 0 radical (unpaired) electrons. The molecule has 2 aliphatic rings. The molecular weight excluding hydrogens is 388 g/mol. The van der Waals surface area contributed by atoms with Crippen LogP contribution in [0.1, 0.15) is 30.1 Å². The Hall–Kier alpha value is -3.55. The van der Waals surface area contributed by atoms with Gasteiger partial charge in [-0.1, -0.05) is 6.92 Å². The summed E-state index contributed by atoms with van der Waals surface area (Å²) in [5, 5.41) is 2.81. The molecule has 1 N–H and O–H groups in total. The van der Waals surface area contributed by atoms with Crippen molar-refractivity contribution < 1.29 is 28.6 Å². The minimum Gasteiger partial charge on any atom is -0.462 e. The number of rotatable bonds is 6. The van der Waals surface area contributed by atoms with E-state index in [1.165, 1.54) is 0 Å². The molecule has 2 aromatic carbocycles. The topological polar surface area (TPSA) is 94.2 Å². The second-order valence-electron chi connectivity index (χ2n) is 7.15. The fourth-order valence-corrected chi connectivity index (χ4v) is 3.40. The monoisotopic (exact) mass is 410 g/mol. The molecule has 1 fully saturated rings. The Balaban J connectivity index is 1.37. The maximum absolute atomic E-state index is 12.7. The van der Waals surface area contributed by atoms with E-state index >= 15 is 0 Å². The van der Waals surface area contributed by atoms with Crippen LogP contribution in [0.3, 0.4) is 0 Å². The first kappa shape index (κ1) is 19.8. The van der Waals surface area contributed by atoms with E-state index in [2.05, 4.69) is 5.32 Å². The molecule has 4 rings (SSSR count). The van der Waals surface area contributed by atoms with Crippen molar-refractivity contribution in [1.29, 1.82) is 0 Å². The summed E-state index contributed by atoms with van der Waals surface area (Å²) in [7, 11) is 0. The number of anilines is 2. The molecule has 1 saturated heterocycles. The Morgan fingerprint density at radius 3 is 2.67 bits per heavy atom. The van der Waals surface area contributed by atoms with Gasteiger partial charge in [0, 0.05) is 30.4 Å². The Labute approximate surface area is 173 Å². The molecule has 0 bridgehead atoms. The molecule has 0 saturated carbocycles. The molecule has 0 aromatic heterocycles. The molecule has 8 heteroatoms. The van der Waals surface area contributed by atoms with Crippen molar-refractivity contribution in [3.8, 4) is 11.5 Å². The predicted octanol–water partition coefficient (Wildman–Crippen LogP) is 2.97. The molecular formula is C22H22N2O6. The number of nitrogens with zero attached hydrogens (tertiary/aromatic N) is 1. The lowest BCUT2D eigenvalue weighted by molar-refractivity contribution is -0.122. The minimum absolute atomic E-state index is 0.122. The van der Waals surface area contributed by atoms with Crippen molar-refractivity contribution in [2.45, 2.75) is 19.8 Å². The molecule has 30 heavy (non-hydrogen) atoms. The smallest absolute Gasteiger partial charge is 0.338 e. The van der Waals surface area contributed by atoms with Gasteiger partial charge in [-0.3, -0.25) is 9.59 Å². The zero-order valence-corrected chi connectivity index (χ0v) is 16.6. The predicted molar refractivity (Wildman–Crippen MR) is 109 cm³/mol. The van der Waals surface area contributed by atoms with Crippen LogP contribution in [0.5, 0.6) is 11.5 Å². The summed E-state index contributed by atoms with van der Waals surface area (Å²) in [4.78, 5) is 38.6. The average molecular weight is 410 g/mol. The van der Waals surface area contributed by atoms with E-state index in [4.69, 9.17) is 14.2 Å². The fourth-order valence-electron chi connectivity index (χ4n) is 3.40. The number of benzene rings is 2. The van der Waals surface area contributed by atoms with Gasteiger partial charge in [-0.25, -0.2) is 4.79 Å². The van der Waals surface area contributed by atoms with Crippen LogP contribution in [-0.4, -0.2) is 37.7 Å². The highest BCUT2D eigenvalue weighted by atomic mass is 16.7. The third kappa shape index (κ3) is 4.07. The second-order valence-corrected chi connectivity index (χ2v) is 7.15. The zero-order chi connectivity index (χ0) is 21.1. The van der Waals surface area contributed by atoms with E-state index in [0.29, 0.717) is 35.0 Å². The molecule has 156 valence electrons. The number of esters is 1. The summed E-state index contributed by atoms with van der Waals surface area (Å²) in [6, 6.07) is 11.8. The van der Waals surface area contributed by atoms with E-state index in [9.17, 15) is 14.4 Å². The summed E-state index contributed by atoms with van der Waals surface area (Å²) in [6.45, 7) is 2.73. The highest BCUT2D eigenvalue weighted by Crippen LogP contribution is 2.37. The lowest BCUT2D eigenvalue weighted by Gasteiger charge is -2.17. The zero-order valence-electron chi connectivity index (χ0n) is 16.6. The van der Waals surface area contributed by atoms with Crippen molar-refractivity contribution in [3.05, 3.63) is 48.0 Å². The van der Waals surface area contributed by atoms with Crippen molar-refractivity contribution in [1.82, 2.24) is 0 Å². The van der Waals surface area contributed by atoms with Gasteiger partial charge in [-0.15, -0.1) is 0 Å². The molecule has 0 spiro atoms. The van der Waals surface area contributed by atoms with Crippen LogP contribution in [-0.2, 0) is 14.3 Å². The van der Waals surface area contributed by atoms with Gasteiger partial charge < -0.3 is 24.4 Å². The number of nitrogens with one attached hydrogen (secondary N) is 1. The third-order valence-electron chi connectivity index (χ3n) is 4.99. The third-order valence-corrected chi connectivity index (χ3v) is 4.99. The van der Waals surface area contributed by atoms with E-state index < -0.39 is 11.9 Å². The fraction of sp³-hybridized carbons (Fsp3) is 0.318. The lowest BCUT2D eigenvalue weighted by atomic mass is 10.1. The van der Waals surface area contributed by atoms with E-state index in [1.807, 2.05) is 6.92 Å². The van der Waals surface area contributed by atoms with Crippen LogP contribution in [0, 0.1) is 5.92 Å². The number of fused-ring (bicyclic) bond motifs is 1. The van der Waals surface area contributed by atoms with Crippen molar-refractivity contribution in [3.63, 3.8) is 0 Å². The molecule has 1 unspecified atom stereocenters. The van der Waals surface area contributed by atoms with Crippen molar-refractivity contribution in [2.75, 3.05) is 30.2 Å². The summed E-state index contributed by atoms with van der Waals surface area (Å²) < 4.78 is 15.7. The van der Waals surface area contributed by atoms with Crippen LogP contribution in [0.4, 0.5) is 11.4 Å². The van der Waals surface area contributed by atoms with Crippen LogP contribution in [0.2, 0.25) is 0 Å². The van der Waals surface area contributed by atoms with Gasteiger partial charge in [0.25, 0.3) is 0 Å². The molecule has 1 atom stereocenters. The van der Waals surface area contributed by atoms with Crippen LogP contribution < -0.4 is 19.7 Å². The van der Waals surface area contributed by atoms with Gasteiger partial charge in [0.1, 0.15) is 0 Å². The highest BCUT2D eigenvalue weighted by molar-refractivity contribution is 6.03. The Bertz CT molecular complexity index is 972. The number of ether oxygens (including phenoxy) is 3. The Morgan fingerprint density at radius 1 is 1.13 bits per heavy atom. The summed E-state index contributed by atoms with van der Waals surface area (Å²) in [5.74, 6) is -0.00370. The number of amides is 2. The lowest BCUT2D eigenvalue weighted by Crippen LogP contribution is -2.28. The second kappa shape index (κ2) is 8.44. The first-order valence-electron chi connectivity index (χ1n) is 9.83. The average Bonchev–Trinajstić information content (AvgIpc) is 3.38. The van der Waals surface area contributed by atoms with Gasteiger partial charge in [0.2, 0.25) is 18.6 Å². The summed E-state index contributed by atoms with van der Waals surface area (Å²) in [6.07, 6.45) is 0.880. The minimum atomic E-state index is -0.475. The van der Waals surface area contributed by atoms with E-state index in [-0.39, 0.29) is 31.6 Å². The van der Waals surface area contributed by atoms with Crippen molar-refractivity contribution >= 4 is 29.2 Å². The molecule has 2 amide bonds. The van der Waals surface area contributed by atoms with Crippen LogP contribution >= 0.6 is 0 Å². The molecule has 8 nitrogen and oxygen atoms in total. The summed E-state index contributed by atoms with van der Waals surface area (Å²) >= 11 is 0. The van der Waals surface area contributed by atoms with Gasteiger partial charge in [0.05, 0.1) is 18.1 Å².